The van der Waals surface area contributed by atoms with Crippen LogP contribution in [0.1, 0.15) is 17.4 Å². The summed E-state index contributed by atoms with van der Waals surface area (Å²) in [6, 6.07) is 0.459. The Balaban J connectivity index is 2.92. The van der Waals surface area contributed by atoms with Crippen molar-refractivity contribution in [2.45, 2.75) is 13.0 Å². The van der Waals surface area contributed by atoms with E-state index in [1.807, 2.05) is 0 Å². The maximum absolute atomic E-state index is 11.5. The topological polar surface area (TPSA) is 78.0 Å². The van der Waals surface area contributed by atoms with Gasteiger partial charge in [-0.2, -0.15) is 5.10 Å². The fraction of sp³-hybridized carbons (Fsp3) is 0.375. The highest BCUT2D eigenvalue weighted by atomic mass is 16.2. The lowest BCUT2D eigenvalue weighted by atomic mass is 10.1. The van der Waals surface area contributed by atoms with E-state index in [0.29, 0.717) is 5.69 Å². The number of ketones is 2. The minimum absolute atomic E-state index is 0.341. The SMILES string of the molecule is CC(=O)C(N)C(=O)c1ccnn1C. The van der Waals surface area contributed by atoms with Gasteiger partial charge in [-0.05, 0) is 13.0 Å². The van der Waals surface area contributed by atoms with Crippen LogP contribution in [0.3, 0.4) is 0 Å². The van der Waals surface area contributed by atoms with Gasteiger partial charge in [0.1, 0.15) is 11.7 Å². The first-order chi connectivity index (χ1) is 6.04. The van der Waals surface area contributed by atoms with Gasteiger partial charge in [0.2, 0.25) is 5.78 Å². The third-order valence-electron chi connectivity index (χ3n) is 1.79. The molecule has 0 aliphatic carbocycles. The van der Waals surface area contributed by atoms with Crippen LogP contribution in [-0.4, -0.2) is 27.4 Å². The van der Waals surface area contributed by atoms with Crippen molar-refractivity contribution in [2.75, 3.05) is 0 Å². The number of carbonyl (C=O) groups is 2. The first-order valence-corrected chi connectivity index (χ1v) is 3.82. The fourth-order valence-corrected chi connectivity index (χ4v) is 0.960. The van der Waals surface area contributed by atoms with Gasteiger partial charge in [-0.3, -0.25) is 14.3 Å². The Bertz CT molecular complexity index is 343. The van der Waals surface area contributed by atoms with Gasteiger partial charge in [-0.1, -0.05) is 0 Å². The lowest BCUT2D eigenvalue weighted by molar-refractivity contribution is -0.117. The van der Waals surface area contributed by atoms with Crippen LogP contribution in [0.5, 0.6) is 0 Å². The monoisotopic (exact) mass is 181 g/mol. The Labute approximate surface area is 75.5 Å². The summed E-state index contributed by atoms with van der Waals surface area (Å²) in [5.41, 5.74) is 5.73. The van der Waals surface area contributed by atoms with Crippen LogP contribution in [0.25, 0.3) is 0 Å². The van der Waals surface area contributed by atoms with Crippen LogP contribution in [-0.2, 0) is 11.8 Å². The van der Waals surface area contributed by atoms with Crippen LogP contribution >= 0.6 is 0 Å². The number of aromatic nitrogens is 2. The Morgan fingerprint density at radius 1 is 1.62 bits per heavy atom. The number of rotatable bonds is 3. The number of nitrogens with two attached hydrogens (primary N) is 1. The second kappa shape index (κ2) is 3.49. The molecule has 1 rings (SSSR count). The van der Waals surface area contributed by atoms with Gasteiger partial charge >= 0.3 is 0 Å². The third-order valence-corrected chi connectivity index (χ3v) is 1.79. The number of hydrogen-bond donors (Lipinski definition) is 1. The molecular formula is C8H11N3O2. The minimum atomic E-state index is -1.07. The van der Waals surface area contributed by atoms with E-state index in [2.05, 4.69) is 5.10 Å². The first kappa shape index (κ1) is 9.60. The second-order valence-corrected chi connectivity index (χ2v) is 2.79. The highest BCUT2D eigenvalue weighted by Gasteiger charge is 2.21. The Morgan fingerprint density at radius 3 is 2.62 bits per heavy atom. The maximum Gasteiger partial charge on any atom is 0.205 e. The van der Waals surface area contributed by atoms with E-state index in [1.54, 1.807) is 7.05 Å². The summed E-state index contributed by atoms with van der Waals surface area (Å²) >= 11 is 0. The summed E-state index contributed by atoms with van der Waals surface area (Å²) in [7, 11) is 1.63. The van der Waals surface area contributed by atoms with Crippen LogP contribution in [0.4, 0.5) is 0 Å². The van der Waals surface area contributed by atoms with Gasteiger partial charge in [0.05, 0.1) is 0 Å². The fourth-order valence-electron chi connectivity index (χ4n) is 0.960. The molecular weight excluding hydrogens is 170 g/mol. The lowest BCUT2D eigenvalue weighted by Gasteiger charge is -2.05. The first-order valence-electron chi connectivity index (χ1n) is 3.82. The molecule has 5 heteroatoms. The molecule has 0 aliphatic rings. The highest BCUT2D eigenvalue weighted by Crippen LogP contribution is 2.01. The van der Waals surface area contributed by atoms with Crippen LogP contribution < -0.4 is 5.73 Å². The Morgan fingerprint density at radius 2 is 2.23 bits per heavy atom. The number of aryl methyl sites for hydroxylation is 1. The van der Waals surface area contributed by atoms with Crippen LogP contribution in [0.15, 0.2) is 12.3 Å². The largest absolute Gasteiger partial charge is 0.315 e. The van der Waals surface area contributed by atoms with E-state index >= 15 is 0 Å². The Hall–Kier alpha value is -1.49. The predicted octanol–water partition coefficient (Wildman–Crippen LogP) is -0.481. The third kappa shape index (κ3) is 1.81. The lowest BCUT2D eigenvalue weighted by Crippen LogP contribution is -2.38. The van der Waals surface area contributed by atoms with Gasteiger partial charge < -0.3 is 5.73 Å². The normalized spacial score (nSPS) is 12.5. The molecule has 5 nitrogen and oxygen atoms in total. The van der Waals surface area contributed by atoms with E-state index in [9.17, 15) is 9.59 Å². The van der Waals surface area contributed by atoms with E-state index in [1.165, 1.54) is 23.9 Å². The average molecular weight is 181 g/mol. The maximum atomic E-state index is 11.5. The zero-order valence-corrected chi connectivity index (χ0v) is 7.52. The highest BCUT2D eigenvalue weighted by molar-refractivity contribution is 6.12. The molecule has 1 atom stereocenters. The number of hydrogen-bond acceptors (Lipinski definition) is 4. The molecule has 2 N–H and O–H groups in total. The van der Waals surface area contributed by atoms with Crippen molar-refractivity contribution < 1.29 is 9.59 Å². The molecule has 1 heterocycles. The molecule has 0 bridgehead atoms. The summed E-state index contributed by atoms with van der Waals surface area (Å²) in [5, 5.41) is 3.81. The molecule has 0 aliphatic heterocycles. The quantitative estimate of drug-likeness (QED) is 0.504. The molecule has 1 aromatic rings. The van der Waals surface area contributed by atoms with Gasteiger partial charge in [0.15, 0.2) is 5.78 Å². The number of Topliss-reactive ketones (excluding diaryl/α,β-unsaturated/α-hetero) is 2. The van der Waals surface area contributed by atoms with Crippen molar-refractivity contribution in [3.05, 3.63) is 18.0 Å². The van der Waals surface area contributed by atoms with Crippen molar-refractivity contribution in [1.29, 1.82) is 0 Å². The molecule has 0 radical (unpaired) electrons. The van der Waals surface area contributed by atoms with Gasteiger partial charge in [0.25, 0.3) is 0 Å². The van der Waals surface area contributed by atoms with Crippen molar-refractivity contribution in [1.82, 2.24) is 9.78 Å². The summed E-state index contributed by atoms with van der Waals surface area (Å²) in [5.74, 6) is -0.737. The average Bonchev–Trinajstić information content (AvgIpc) is 2.48. The molecule has 1 unspecified atom stereocenters. The Kier molecular flexibility index (Phi) is 2.57. The van der Waals surface area contributed by atoms with E-state index in [4.69, 9.17) is 5.73 Å². The molecule has 0 saturated carbocycles. The van der Waals surface area contributed by atoms with E-state index < -0.39 is 11.8 Å². The molecule has 0 spiro atoms. The smallest absolute Gasteiger partial charge is 0.205 e. The number of carbonyl (C=O) groups excluding carboxylic acids is 2. The van der Waals surface area contributed by atoms with Crippen molar-refractivity contribution in [2.24, 2.45) is 12.8 Å². The summed E-state index contributed by atoms with van der Waals surface area (Å²) in [6.45, 7) is 1.29. The predicted molar refractivity (Wildman–Crippen MR) is 46.2 cm³/mol. The van der Waals surface area contributed by atoms with Gasteiger partial charge in [0, 0.05) is 13.2 Å². The zero-order valence-electron chi connectivity index (χ0n) is 7.52. The molecule has 70 valence electrons. The van der Waals surface area contributed by atoms with Crippen LogP contribution in [0, 0.1) is 0 Å². The van der Waals surface area contributed by atoms with Crippen LogP contribution in [0.2, 0.25) is 0 Å². The van der Waals surface area contributed by atoms with E-state index in [-0.39, 0.29) is 5.78 Å². The van der Waals surface area contributed by atoms with Crippen molar-refractivity contribution >= 4 is 11.6 Å². The second-order valence-electron chi connectivity index (χ2n) is 2.79. The molecule has 1 aromatic heterocycles. The van der Waals surface area contributed by atoms with Crippen molar-refractivity contribution in [3.8, 4) is 0 Å². The molecule has 0 aromatic carbocycles. The molecule has 0 fully saturated rings. The molecule has 0 amide bonds. The van der Waals surface area contributed by atoms with Gasteiger partial charge in [-0.15, -0.1) is 0 Å². The molecule has 0 saturated heterocycles. The summed E-state index contributed by atoms with van der Waals surface area (Å²) < 4.78 is 1.39. The van der Waals surface area contributed by atoms with E-state index in [0.717, 1.165) is 0 Å². The summed E-state index contributed by atoms with van der Waals surface area (Å²) in [6.07, 6.45) is 1.49. The zero-order chi connectivity index (χ0) is 10.0. The molecule has 13 heavy (non-hydrogen) atoms. The minimum Gasteiger partial charge on any atom is -0.315 e. The van der Waals surface area contributed by atoms with Crippen molar-refractivity contribution in [3.63, 3.8) is 0 Å². The van der Waals surface area contributed by atoms with Gasteiger partial charge in [-0.25, -0.2) is 0 Å². The standard InChI is InChI=1S/C8H11N3O2/c1-5(12)7(9)8(13)6-3-4-10-11(6)2/h3-4,7H,9H2,1-2H3. The number of nitrogens with zero attached hydrogens (tertiary/aromatic N) is 2. The summed E-state index contributed by atoms with van der Waals surface area (Å²) in [4.78, 5) is 22.3.